The first-order valence-electron chi connectivity index (χ1n) is 17.6. The first-order valence-corrected chi connectivity index (χ1v) is 19.8. The lowest BCUT2D eigenvalue weighted by Gasteiger charge is -2.35. The second kappa shape index (κ2) is 17.5. The molecule has 0 saturated heterocycles. The van der Waals surface area contributed by atoms with Crippen LogP contribution in [0.4, 0.5) is 5.69 Å². The Balaban J connectivity index is 1.38. The van der Waals surface area contributed by atoms with Gasteiger partial charge in [-0.1, -0.05) is 114 Å². The molecule has 5 aromatic carbocycles. The highest BCUT2D eigenvalue weighted by Crippen LogP contribution is 2.29. The predicted molar refractivity (Wildman–Crippen MR) is 208 cm³/mol. The summed E-state index contributed by atoms with van der Waals surface area (Å²) in [5.74, 6) is 0.387. The monoisotopic (exact) mass is 779 g/mol. The smallest absolute Gasteiger partial charge is 0.264 e. The number of para-hydroxylation sites is 1. The Morgan fingerprint density at radius 1 is 0.731 bits per heavy atom. The number of nitrogens with zero attached hydrogens (tertiary/aromatic N) is 2. The Hall–Kier alpha value is -4.93. The molecule has 0 heterocycles. The molecule has 0 spiro atoms. The molecule has 1 fully saturated rings. The second-order valence-corrected chi connectivity index (χ2v) is 15.7. The van der Waals surface area contributed by atoms with E-state index in [0.29, 0.717) is 11.5 Å². The van der Waals surface area contributed by atoms with Crippen LogP contribution >= 0.6 is 15.9 Å². The van der Waals surface area contributed by atoms with Gasteiger partial charge in [0.1, 0.15) is 24.1 Å². The zero-order chi connectivity index (χ0) is 36.3. The molecule has 6 rings (SSSR count). The van der Waals surface area contributed by atoms with Crippen LogP contribution in [-0.2, 0) is 32.6 Å². The Morgan fingerprint density at radius 3 is 1.98 bits per heavy atom. The molecule has 1 aliphatic carbocycles. The van der Waals surface area contributed by atoms with Gasteiger partial charge in [0.25, 0.3) is 10.0 Å². The first kappa shape index (κ1) is 36.8. The second-order valence-electron chi connectivity index (χ2n) is 12.9. The van der Waals surface area contributed by atoms with Gasteiger partial charge < -0.3 is 15.0 Å². The van der Waals surface area contributed by atoms with Crippen molar-refractivity contribution in [2.24, 2.45) is 0 Å². The molecule has 1 unspecified atom stereocenters. The number of halogens is 1. The number of rotatable bonds is 14. The summed E-state index contributed by atoms with van der Waals surface area (Å²) in [6.07, 6.45) is 5.24. The molecular formula is C42H42BrN3O5S. The first-order chi connectivity index (χ1) is 25.3. The standard InChI is InChI=1S/C42H42BrN3O5S/c43-34-17-13-16-33(28-34)30-45(40(29-32-14-5-1-6-15-32)42(48)44-35-18-7-2-8-19-35)41(47)31-46(52(49,50)39-22-11-4-12-23-39)36-24-26-38(27-25-36)51-37-20-9-3-10-21-37/h1,3-6,9-17,20-28,35,40H,2,7-8,18-19,29-31H2,(H,44,48). The van der Waals surface area contributed by atoms with E-state index in [0.717, 1.165) is 52.0 Å². The molecule has 0 bridgehead atoms. The zero-order valence-electron chi connectivity index (χ0n) is 28.8. The van der Waals surface area contributed by atoms with Crippen LogP contribution in [0.2, 0.25) is 0 Å². The number of nitrogens with one attached hydrogen (secondary N) is 1. The van der Waals surface area contributed by atoms with E-state index in [1.807, 2.05) is 84.9 Å². The molecule has 1 atom stereocenters. The van der Waals surface area contributed by atoms with E-state index in [-0.39, 0.29) is 35.5 Å². The van der Waals surface area contributed by atoms with Gasteiger partial charge in [0.15, 0.2) is 0 Å². The number of ether oxygens (including phenoxy) is 1. The van der Waals surface area contributed by atoms with Crippen molar-refractivity contribution in [3.8, 4) is 11.5 Å². The third-order valence-corrected chi connectivity index (χ3v) is 11.5. The number of anilines is 1. The number of hydrogen-bond acceptors (Lipinski definition) is 5. The Kier molecular flexibility index (Phi) is 12.4. The van der Waals surface area contributed by atoms with Gasteiger partial charge in [-0.2, -0.15) is 0 Å². The summed E-state index contributed by atoms with van der Waals surface area (Å²) in [5.41, 5.74) is 1.97. The van der Waals surface area contributed by atoms with Gasteiger partial charge in [0.05, 0.1) is 10.6 Å². The maximum atomic E-state index is 14.8. The summed E-state index contributed by atoms with van der Waals surface area (Å²) in [6, 6.07) is 40.2. The third kappa shape index (κ3) is 9.68. The molecule has 0 radical (unpaired) electrons. The highest BCUT2D eigenvalue weighted by Gasteiger charge is 2.35. The fourth-order valence-corrected chi connectivity index (χ4v) is 8.37. The minimum atomic E-state index is -4.22. The minimum absolute atomic E-state index is 0.0221. The molecule has 268 valence electrons. The maximum Gasteiger partial charge on any atom is 0.264 e. The summed E-state index contributed by atoms with van der Waals surface area (Å²) in [7, 11) is -4.22. The Labute approximate surface area is 314 Å². The summed E-state index contributed by atoms with van der Waals surface area (Å²) >= 11 is 3.54. The fraction of sp³-hybridized carbons (Fsp3) is 0.238. The van der Waals surface area contributed by atoms with E-state index < -0.39 is 28.5 Å². The lowest BCUT2D eigenvalue weighted by molar-refractivity contribution is -0.140. The summed E-state index contributed by atoms with van der Waals surface area (Å²) < 4.78 is 36.6. The topological polar surface area (TPSA) is 96.0 Å². The molecule has 52 heavy (non-hydrogen) atoms. The average Bonchev–Trinajstić information content (AvgIpc) is 3.17. The minimum Gasteiger partial charge on any atom is -0.457 e. The van der Waals surface area contributed by atoms with Crippen molar-refractivity contribution in [2.75, 3.05) is 10.8 Å². The van der Waals surface area contributed by atoms with Gasteiger partial charge in [0.2, 0.25) is 11.8 Å². The van der Waals surface area contributed by atoms with E-state index in [9.17, 15) is 18.0 Å². The van der Waals surface area contributed by atoms with Crippen LogP contribution < -0.4 is 14.4 Å². The van der Waals surface area contributed by atoms with Crippen LogP contribution in [0.5, 0.6) is 11.5 Å². The van der Waals surface area contributed by atoms with E-state index >= 15 is 0 Å². The van der Waals surface area contributed by atoms with Crippen LogP contribution in [0.25, 0.3) is 0 Å². The predicted octanol–water partition coefficient (Wildman–Crippen LogP) is 8.53. The van der Waals surface area contributed by atoms with Gasteiger partial charge >= 0.3 is 0 Å². The number of sulfonamides is 1. The van der Waals surface area contributed by atoms with Gasteiger partial charge in [-0.3, -0.25) is 13.9 Å². The van der Waals surface area contributed by atoms with Gasteiger partial charge in [0, 0.05) is 23.5 Å². The van der Waals surface area contributed by atoms with Crippen LogP contribution in [-0.4, -0.2) is 43.8 Å². The van der Waals surface area contributed by atoms with Gasteiger partial charge in [-0.15, -0.1) is 0 Å². The lowest BCUT2D eigenvalue weighted by Crippen LogP contribution is -2.55. The summed E-state index contributed by atoms with van der Waals surface area (Å²) in [5, 5.41) is 3.25. The van der Waals surface area contributed by atoms with Crippen molar-refractivity contribution in [3.05, 3.63) is 155 Å². The van der Waals surface area contributed by atoms with E-state index in [4.69, 9.17) is 4.74 Å². The largest absolute Gasteiger partial charge is 0.457 e. The number of carbonyl (C=O) groups is 2. The lowest BCUT2D eigenvalue weighted by atomic mass is 9.94. The fourth-order valence-electron chi connectivity index (χ4n) is 6.48. The molecule has 1 aliphatic rings. The Bertz CT molecular complexity index is 2030. The van der Waals surface area contributed by atoms with Crippen LogP contribution in [0, 0.1) is 0 Å². The number of carbonyl (C=O) groups excluding carboxylic acids is 2. The third-order valence-electron chi connectivity index (χ3n) is 9.18. The van der Waals surface area contributed by atoms with Gasteiger partial charge in [-0.25, -0.2) is 8.42 Å². The normalized spacial score (nSPS) is 13.9. The molecule has 2 amide bonds. The highest BCUT2D eigenvalue weighted by molar-refractivity contribution is 9.10. The molecule has 0 aromatic heterocycles. The highest BCUT2D eigenvalue weighted by atomic mass is 79.9. The quantitative estimate of drug-likeness (QED) is 0.122. The number of benzene rings is 5. The molecule has 1 saturated carbocycles. The molecule has 1 N–H and O–H groups in total. The zero-order valence-corrected chi connectivity index (χ0v) is 31.2. The van der Waals surface area contributed by atoms with Crippen molar-refractivity contribution >= 4 is 43.5 Å². The SMILES string of the molecule is O=C(NC1CCCCC1)C(Cc1ccccc1)N(Cc1cccc(Br)c1)C(=O)CN(c1ccc(Oc2ccccc2)cc1)S(=O)(=O)c1ccccc1. The number of amides is 2. The summed E-state index contributed by atoms with van der Waals surface area (Å²) in [6.45, 7) is -0.441. The molecule has 8 nitrogen and oxygen atoms in total. The van der Waals surface area contributed by atoms with E-state index in [1.54, 1.807) is 42.5 Å². The van der Waals surface area contributed by atoms with E-state index in [1.165, 1.54) is 17.0 Å². The van der Waals surface area contributed by atoms with Crippen LogP contribution in [0.15, 0.2) is 149 Å². The number of hydrogen-bond donors (Lipinski definition) is 1. The van der Waals surface area contributed by atoms with E-state index in [2.05, 4.69) is 21.2 Å². The van der Waals surface area contributed by atoms with Crippen LogP contribution in [0.3, 0.4) is 0 Å². The average molecular weight is 781 g/mol. The van der Waals surface area contributed by atoms with Gasteiger partial charge in [-0.05, 0) is 84.6 Å². The van der Waals surface area contributed by atoms with Crippen molar-refractivity contribution in [3.63, 3.8) is 0 Å². The molecule has 5 aromatic rings. The summed E-state index contributed by atoms with van der Waals surface area (Å²) in [4.78, 5) is 30.7. The molecule has 10 heteroatoms. The van der Waals surface area contributed by atoms with Crippen molar-refractivity contribution in [1.82, 2.24) is 10.2 Å². The molecular weight excluding hydrogens is 738 g/mol. The molecule has 0 aliphatic heterocycles. The maximum absolute atomic E-state index is 14.8. The Morgan fingerprint density at radius 2 is 1.33 bits per heavy atom. The van der Waals surface area contributed by atoms with Crippen molar-refractivity contribution in [1.29, 1.82) is 0 Å². The van der Waals surface area contributed by atoms with Crippen molar-refractivity contribution in [2.45, 2.75) is 62.0 Å². The van der Waals surface area contributed by atoms with Crippen LogP contribution in [0.1, 0.15) is 43.2 Å². The van der Waals surface area contributed by atoms with Crippen molar-refractivity contribution < 1.29 is 22.7 Å².